The first-order chi connectivity index (χ1) is 15.3. The number of rotatable bonds is 4. The van der Waals surface area contributed by atoms with Crippen LogP contribution in [0.25, 0.3) is 0 Å². The van der Waals surface area contributed by atoms with Gasteiger partial charge in [0.2, 0.25) is 11.8 Å². The third kappa shape index (κ3) is 4.49. The van der Waals surface area contributed by atoms with Crippen LogP contribution in [-0.4, -0.2) is 50.5 Å². The lowest BCUT2D eigenvalue weighted by Gasteiger charge is -2.29. The molecule has 2 aromatic carbocycles. The Hall–Kier alpha value is -2.52. The highest BCUT2D eigenvalue weighted by Crippen LogP contribution is 2.38. The summed E-state index contributed by atoms with van der Waals surface area (Å²) in [6.45, 7) is 3.26. The van der Waals surface area contributed by atoms with Crippen LogP contribution in [0.4, 0.5) is 11.4 Å². The summed E-state index contributed by atoms with van der Waals surface area (Å²) in [6.07, 6.45) is 4.11. The monoisotopic (exact) mass is 473 g/mol. The van der Waals surface area contributed by atoms with Gasteiger partial charge < -0.3 is 10.2 Å². The molecule has 9 heteroatoms. The number of benzene rings is 2. The molecular weight excluding hydrogens is 446 g/mol. The van der Waals surface area contributed by atoms with Crippen LogP contribution in [0.2, 0.25) is 0 Å². The maximum atomic E-state index is 13.2. The van der Waals surface area contributed by atoms with Gasteiger partial charge in [0, 0.05) is 25.0 Å². The average Bonchev–Trinajstić information content (AvgIpc) is 3.07. The van der Waals surface area contributed by atoms with Gasteiger partial charge in [0.25, 0.3) is 10.0 Å². The molecule has 1 N–H and O–H groups in total. The number of nitrogens with one attached hydrogen (secondary N) is 1. The lowest BCUT2D eigenvalue weighted by Crippen LogP contribution is -2.45. The number of likely N-dealkylation sites (tertiary alicyclic amines) is 1. The van der Waals surface area contributed by atoms with Gasteiger partial charge in [0.15, 0.2) is 5.25 Å². The highest BCUT2D eigenvalue weighted by Gasteiger charge is 2.36. The third-order valence-electron chi connectivity index (χ3n) is 5.86. The van der Waals surface area contributed by atoms with E-state index < -0.39 is 21.2 Å². The van der Waals surface area contributed by atoms with Crippen molar-refractivity contribution in [1.82, 2.24) is 4.90 Å². The van der Waals surface area contributed by atoms with E-state index in [1.807, 2.05) is 19.1 Å². The summed E-state index contributed by atoms with van der Waals surface area (Å²) >= 11 is 1.19. The summed E-state index contributed by atoms with van der Waals surface area (Å²) in [5.41, 5.74) is 1.93. The van der Waals surface area contributed by atoms with Gasteiger partial charge in [-0.15, -0.1) is 11.8 Å². The van der Waals surface area contributed by atoms with Crippen LogP contribution < -0.4 is 9.62 Å². The number of aryl methyl sites for hydroxylation is 1. The van der Waals surface area contributed by atoms with Crippen molar-refractivity contribution in [2.24, 2.45) is 0 Å². The highest BCUT2D eigenvalue weighted by atomic mass is 32.2. The molecule has 0 radical (unpaired) electrons. The molecular formula is C23H27N3O4S2. The standard InChI is InChI=1S/C23H27N3O4S2/c1-16-8-7-9-17(14-16)25(2)32(29,30)18-10-11-20-19(15-18)24-22(27)21(31-20)23(28)26-12-5-3-4-6-13-26/h7-11,14-15,21H,3-6,12-13H2,1-2H3,(H,24,27)/t21-/m1/s1. The number of amides is 2. The lowest BCUT2D eigenvalue weighted by molar-refractivity contribution is -0.133. The van der Waals surface area contributed by atoms with E-state index in [0.29, 0.717) is 29.4 Å². The number of sulfonamides is 1. The number of carbonyl (C=O) groups is 2. The molecule has 4 rings (SSSR count). The smallest absolute Gasteiger partial charge is 0.264 e. The van der Waals surface area contributed by atoms with Crippen molar-refractivity contribution in [3.63, 3.8) is 0 Å². The van der Waals surface area contributed by atoms with E-state index in [4.69, 9.17) is 0 Å². The number of fused-ring (bicyclic) bond motifs is 1. The van der Waals surface area contributed by atoms with Gasteiger partial charge in [-0.05, 0) is 55.7 Å². The molecule has 2 aromatic rings. The zero-order valence-electron chi connectivity index (χ0n) is 18.2. The predicted molar refractivity (Wildman–Crippen MR) is 127 cm³/mol. The van der Waals surface area contributed by atoms with E-state index >= 15 is 0 Å². The van der Waals surface area contributed by atoms with Crippen molar-refractivity contribution in [3.05, 3.63) is 48.0 Å². The van der Waals surface area contributed by atoms with Crippen LogP contribution in [0, 0.1) is 6.92 Å². The summed E-state index contributed by atoms with van der Waals surface area (Å²) in [5.74, 6) is -0.575. The molecule has 0 unspecified atom stereocenters. The summed E-state index contributed by atoms with van der Waals surface area (Å²) in [7, 11) is -2.31. The summed E-state index contributed by atoms with van der Waals surface area (Å²) in [6, 6.07) is 11.9. The fourth-order valence-electron chi connectivity index (χ4n) is 3.99. The second-order valence-electron chi connectivity index (χ2n) is 8.20. The largest absolute Gasteiger partial charge is 0.341 e. The van der Waals surface area contributed by atoms with Crippen LogP contribution in [0.15, 0.2) is 52.3 Å². The summed E-state index contributed by atoms with van der Waals surface area (Å²) in [4.78, 5) is 28.3. The van der Waals surface area contributed by atoms with Gasteiger partial charge in [-0.25, -0.2) is 8.42 Å². The Kier molecular flexibility index (Phi) is 6.48. The number of hydrogen-bond donors (Lipinski definition) is 1. The van der Waals surface area contributed by atoms with E-state index in [1.165, 1.54) is 35.2 Å². The second kappa shape index (κ2) is 9.15. The number of thioether (sulfide) groups is 1. The zero-order chi connectivity index (χ0) is 22.9. The minimum absolute atomic E-state index is 0.0819. The molecule has 0 bridgehead atoms. The maximum absolute atomic E-state index is 13.2. The number of anilines is 2. The topological polar surface area (TPSA) is 86.8 Å². The van der Waals surface area contributed by atoms with E-state index in [1.54, 1.807) is 23.1 Å². The third-order valence-corrected chi connectivity index (χ3v) is 8.90. The van der Waals surface area contributed by atoms with E-state index in [0.717, 1.165) is 31.2 Å². The number of carbonyl (C=O) groups excluding carboxylic acids is 2. The highest BCUT2D eigenvalue weighted by molar-refractivity contribution is 8.01. The summed E-state index contributed by atoms with van der Waals surface area (Å²) < 4.78 is 27.6. The summed E-state index contributed by atoms with van der Waals surface area (Å²) in [5, 5.41) is 1.91. The fourth-order valence-corrected chi connectivity index (χ4v) is 6.26. The van der Waals surface area contributed by atoms with E-state index in [-0.39, 0.29) is 10.8 Å². The SMILES string of the molecule is Cc1cccc(N(C)S(=O)(=O)c2ccc3c(c2)NC(=O)[C@H](C(=O)N2CCCCCC2)S3)c1. The Bertz CT molecular complexity index is 1140. The Morgan fingerprint density at radius 3 is 2.50 bits per heavy atom. The van der Waals surface area contributed by atoms with Gasteiger partial charge in [-0.3, -0.25) is 13.9 Å². The normalized spacial score (nSPS) is 19.0. The Morgan fingerprint density at radius 2 is 1.81 bits per heavy atom. The van der Waals surface area contributed by atoms with Gasteiger partial charge in [-0.1, -0.05) is 25.0 Å². The molecule has 0 saturated carbocycles. The first-order valence-corrected chi connectivity index (χ1v) is 13.1. The average molecular weight is 474 g/mol. The van der Waals surface area contributed by atoms with Crippen molar-refractivity contribution in [2.45, 2.75) is 47.6 Å². The Morgan fingerprint density at radius 1 is 1.09 bits per heavy atom. The Balaban J connectivity index is 1.56. The molecule has 0 aliphatic carbocycles. The molecule has 7 nitrogen and oxygen atoms in total. The minimum Gasteiger partial charge on any atom is -0.341 e. The van der Waals surface area contributed by atoms with Gasteiger partial charge >= 0.3 is 0 Å². The number of nitrogens with zero attached hydrogens (tertiary/aromatic N) is 2. The first kappa shape index (κ1) is 22.7. The molecule has 1 fully saturated rings. The quantitative estimate of drug-likeness (QED) is 0.685. The molecule has 170 valence electrons. The molecule has 2 amide bonds. The van der Waals surface area contributed by atoms with E-state index in [2.05, 4.69) is 5.32 Å². The van der Waals surface area contributed by atoms with Crippen molar-refractivity contribution in [1.29, 1.82) is 0 Å². The molecule has 2 heterocycles. The molecule has 2 aliphatic heterocycles. The van der Waals surface area contributed by atoms with E-state index in [9.17, 15) is 18.0 Å². The van der Waals surface area contributed by atoms with Crippen molar-refractivity contribution in [2.75, 3.05) is 29.8 Å². The first-order valence-electron chi connectivity index (χ1n) is 10.7. The molecule has 1 atom stereocenters. The van der Waals surface area contributed by atoms with Crippen molar-refractivity contribution in [3.8, 4) is 0 Å². The van der Waals surface area contributed by atoms with Gasteiger partial charge in [0.05, 0.1) is 16.3 Å². The van der Waals surface area contributed by atoms with Crippen LogP contribution in [0.1, 0.15) is 31.2 Å². The van der Waals surface area contributed by atoms with Crippen molar-refractivity contribution >= 4 is 45.0 Å². The van der Waals surface area contributed by atoms with Crippen LogP contribution in [-0.2, 0) is 19.6 Å². The minimum atomic E-state index is -3.81. The van der Waals surface area contributed by atoms with Crippen LogP contribution in [0.3, 0.4) is 0 Å². The molecule has 32 heavy (non-hydrogen) atoms. The lowest BCUT2D eigenvalue weighted by atomic mass is 10.2. The van der Waals surface area contributed by atoms with Gasteiger partial charge in [-0.2, -0.15) is 0 Å². The number of hydrogen-bond acceptors (Lipinski definition) is 5. The fraction of sp³-hybridized carbons (Fsp3) is 0.391. The molecule has 2 aliphatic rings. The van der Waals surface area contributed by atoms with Crippen LogP contribution >= 0.6 is 11.8 Å². The predicted octanol–water partition coefficient (Wildman–Crippen LogP) is 3.64. The maximum Gasteiger partial charge on any atom is 0.264 e. The zero-order valence-corrected chi connectivity index (χ0v) is 19.8. The molecule has 0 aromatic heterocycles. The second-order valence-corrected chi connectivity index (χ2v) is 11.3. The molecule has 1 saturated heterocycles. The van der Waals surface area contributed by atoms with Gasteiger partial charge in [0.1, 0.15) is 0 Å². The Labute approximate surface area is 193 Å². The van der Waals surface area contributed by atoms with Crippen LogP contribution in [0.5, 0.6) is 0 Å². The van der Waals surface area contributed by atoms with Crippen molar-refractivity contribution < 1.29 is 18.0 Å². The molecule has 0 spiro atoms.